The van der Waals surface area contributed by atoms with Gasteiger partial charge in [-0.25, -0.2) is 0 Å². The van der Waals surface area contributed by atoms with Gasteiger partial charge in [0.2, 0.25) is 11.8 Å². The minimum atomic E-state index is -0.0326. The number of methoxy groups -OCH3 is 1. The fourth-order valence-electron chi connectivity index (χ4n) is 4.57. The number of rotatable bonds is 8. The molecule has 0 unspecified atom stereocenters. The molecule has 2 fully saturated rings. The maximum atomic E-state index is 13.1. The highest BCUT2D eigenvalue weighted by Gasteiger charge is 2.32. The number of anilines is 1. The average Bonchev–Trinajstić information content (AvgIpc) is 3.41. The van der Waals surface area contributed by atoms with Crippen LogP contribution in [0.1, 0.15) is 25.0 Å². The predicted octanol–water partition coefficient (Wildman–Crippen LogP) is 3.22. The molecule has 1 saturated heterocycles. The van der Waals surface area contributed by atoms with E-state index in [1.54, 1.807) is 24.3 Å². The zero-order chi connectivity index (χ0) is 24.9. The van der Waals surface area contributed by atoms with Gasteiger partial charge in [-0.05, 0) is 61.4 Å². The van der Waals surface area contributed by atoms with Gasteiger partial charge in [-0.1, -0.05) is 6.42 Å². The van der Waals surface area contributed by atoms with E-state index in [0.717, 1.165) is 42.1 Å². The maximum absolute atomic E-state index is 13.1. The summed E-state index contributed by atoms with van der Waals surface area (Å²) in [5.74, 6) is 2.33. The van der Waals surface area contributed by atoms with Crippen molar-refractivity contribution >= 4 is 17.6 Å². The van der Waals surface area contributed by atoms with Crippen molar-refractivity contribution in [1.82, 2.24) is 20.0 Å². The molecular weight excluding hydrogens is 458 g/mol. The first-order valence-electron chi connectivity index (χ1n) is 12.4. The molecule has 9 nitrogen and oxygen atoms in total. The fourth-order valence-corrected chi connectivity index (χ4v) is 4.57. The third-order valence-electron chi connectivity index (χ3n) is 7.01. The van der Waals surface area contributed by atoms with E-state index in [1.807, 2.05) is 47.4 Å². The third kappa shape index (κ3) is 5.35. The number of ether oxygens (including phenoxy) is 1. The molecule has 36 heavy (non-hydrogen) atoms. The van der Waals surface area contributed by atoms with E-state index in [1.165, 1.54) is 0 Å². The van der Waals surface area contributed by atoms with Crippen LogP contribution in [0, 0.1) is 5.92 Å². The van der Waals surface area contributed by atoms with Crippen LogP contribution in [0.3, 0.4) is 0 Å². The van der Waals surface area contributed by atoms with Crippen molar-refractivity contribution in [2.75, 3.05) is 44.7 Å². The van der Waals surface area contributed by atoms with Crippen molar-refractivity contribution in [2.24, 2.45) is 5.92 Å². The summed E-state index contributed by atoms with van der Waals surface area (Å²) in [7, 11) is 1.64. The Kier molecular flexibility index (Phi) is 7.16. The largest absolute Gasteiger partial charge is 0.497 e. The second kappa shape index (κ2) is 10.8. The first-order chi connectivity index (χ1) is 17.6. The summed E-state index contributed by atoms with van der Waals surface area (Å²) in [6.45, 7) is 2.88. The Hall–Kier alpha value is -3.88. The molecule has 1 saturated carbocycles. The second-order valence-corrected chi connectivity index (χ2v) is 9.27. The molecule has 2 aromatic heterocycles. The molecule has 3 aromatic rings. The lowest BCUT2D eigenvalue weighted by atomic mass is 9.84. The Bertz CT molecular complexity index is 1150. The van der Waals surface area contributed by atoms with Crippen LogP contribution in [-0.2, 0) is 16.1 Å². The topological polar surface area (TPSA) is 92.0 Å². The van der Waals surface area contributed by atoms with Crippen LogP contribution < -0.4 is 9.64 Å². The number of benzene rings is 1. The molecule has 1 aliphatic carbocycles. The molecule has 0 spiro atoms. The highest BCUT2D eigenvalue weighted by molar-refractivity contribution is 5.86. The lowest BCUT2D eigenvalue weighted by Gasteiger charge is -2.37. The summed E-state index contributed by atoms with van der Waals surface area (Å²) in [6.07, 6.45) is 4.47. The molecule has 0 bridgehead atoms. The number of hydrogen-bond acceptors (Lipinski definition) is 7. The first-order valence-corrected chi connectivity index (χ1v) is 12.4. The number of piperazine rings is 1. The van der Waals surface area contributed by atoms with Crippen LogP contribution in [0.25, 0.3) is 11.3 Å². The van der Waals surface area contributed by atoms with Crippen molar-refractivity contribution in [3.63, 3.8) is 0 Å². The molecule has 9 heteroatoms. The van der Waals surface area contributed by atoms with E-state index in [-0.39, 0.29) is 24.3 Å². The lowest BCUT2D eigenvalue weighted by molar-refractivity contribution is -0.145. The van der Waals surface area contributed by atoms with Gasteiger partial charge in [0.05, 0.1) is 25.6 Å². The summed E-state index contributed by atoms with van der Waals surface area (Å²) >= 11 is 0. The Morgan fingerprint density at radius 1 is 1.03 bits per heavy atom. The van der Waals surface area contributed by atoms with Gasteiger partial charge < -0.3 is 23.9 Å². The Labute approximate surface area is 210 Å². The standard InChI is InChI=1S/C27H31N5O4/c1-35-22-9-7-20(8-10-22)24-11-12-25(29-28-24)30-13-15-31(16-14-30)26(33)19-32(18-23-6-3-17-36-23)27(34)21-4-2-5-21/h3,6-12,17,21H,2,4-5,13-16,18-19H2,1H3. The SMILES string of the molecule is COc1ccc(-c2ccc(N3CCN(C(=O)CN(Cc4ccco4)C(=O)C4CCC4)CC3)nn2)cc1. The Morgan fingerprint density at radius 3 is 2.39 bits per heavy atom. The molecular formula is C27H31N5O4. The third-order valence-corrected chi connectivity index (χ3v) is 7.01. The van der Waals surface area contributed by atoms with Crippen LogP contribution in [-0.4, -0.2) is 71.6 Å². The molecule has 3 heterocycles. The normalized spacial score (nSPS) is 15.9. The number of aromatic nitrogens is 2. The van der Waals surface area contributed by atoms with E-state index in [4.69, 9.17) is 9.15 Å². The van der Waals surface area contributed by atoms with E-state index in [9.17, 15) is 9.59 Å². The van der Waals surface area contributed by atoms with Gasteiger partial charge in [-0.3, -0.25) is 9.59 Å². The minimum Gasteiger partial charge on any atom is -0.497 e. The zero-order valence-corrected chi connectivity index (χ0v) is 20.5. The summed E-state index contributed by atoms with van der Waals surface area (Å²) in [5, 5.41) is 8.81. The van der Waals surface area contributed by atoms with Crippen LogP contribution in [0.2, 0.25) is 0 Å². The van der Waals surface area contributed by atoms with Gasteiger partial charge >= 0.3 is 0 Å². The molecule has 188 valence electrons. The fraction of sp³-hybridized carbons (Fsp3) is 0.407. The van der Waals surface area contributed by atoms with E-state index in [0.29, 0.717) is 38.5 Å². The Balaban J connectivity index is 1.16. The highest BCUT2D eigenvalue weighted by atomic mass is 16.5. The van der Waals surface area contributed by atoms with Gasteiger partial charge in [0.15, 0.2) is 5.82 Å². The number of furan rings is 1. The molecule has 2 aliphatic rings. The second-order valence-electron chi connectivity index (χ2n) is 9.27. The van der Waals surface area contributed by atoms with E-state index >= 15 is 0 Å². The number of hydrogen-bond donors (Lipinski definition) is 0. The van der Waals surface area contributed by atoms with E-state index < -0.39 is 0 Å². The number of nitrogens with zero attached hydrogens (tertiary/aromatic N) is 5. The predicted molar refractivity (Wildman–Crippen MR) is 134 cm³/mol. The van der Waals surface area contributed by atoms with Gasteiger partial charge in [-0.15, -0.1) is 10.2 Å². The lowest BCUT2D eigenvalue weighted by Crippen LogP contribution is -2.52. The van der Waals surface area contributed by atoms with Gasteiger partial charge in [0.25, 0.3) is 0 Å². The summed E-state index contributed by atoms with van der Waals surface area (Å²) < 4.78 is 10.6. The minimum absolute atomic E-state index is 0.0315. The molecule has 0 N–H and O–H groups in total. The van der Waals surface area contributed by atoms with Gasteiger partial charge in [-0.2, -0.15) is 0 Å². The Morgan fingerprint density at radius 2 is 1.81 bits per heavy atom. The monoisotopic (exact) mass is 489 g/mol. The van der Waals surface area contributed by atoms with Crippen LogP contribution in [0.15, 0.2) is 59.2 Å². The van der Waals surface area contributed by atoms with Gasteiger partial charge in [0.1, 0.15) is 18.1 Å². The summed E-state index contributed by atoms with van der Waals surface area (Å²) in [5.41, 5.74) is 1.77. The molecule has 1 aliphatic heterocycles. The van der Waals surface area contributed by atoms with Crippen molar-refractivity contribution in [3.05, 3.63) is 60.6 Å². The molecule has 1 aromatic carbocycles. The first kappa shape index (κ1) is 23.8. The summed E-state index contributed by atoms with van der Waals surface area (Å²) in [4.78, 5) is 31.7. The van der Waals surface area contributed by atoms with E-state index in [2.05, 4.69) is 15.1 Å². The summed E-state index contributed by atoms with van der Waals surface area (Å²) in [6, 6.07) is 15.3. The van der Waals surface area contributed by atoms with Crippen LogP contribution in [0.5, 0.6) is 5.75 Å². The van der Waals surface area contributed by atoms with Crippen LogP contribution >= 0.6 is 0 Å². The maximum Gasteiger partial charge on any atom is 0.242 e. The number of carbonyl (C=O) groups excluding carboxylic acids is 2. The molecule has 0 atom stereocenters. The van der Waals surface area contributed by atoms with Crippen molar-refractivity contribution in [1.29, 1.82) is 0 Å². The smallest absolute Gasteiger partial charge is 0.242 e. The highest BCUT2D eigenvalue weighted by Crippen LogP contribution is 2.29. The van der Waals surface area contributed by atoms with Crippen molar-refractivity contribution in [2.45, 2.75) is 25.8 Å². The average molecular weight is 490 g/mol. The molecule has 5 rings (SSSR count). The van der Waals surface area contributed by atoms with Crippen LogP contribution in [0.4, 0.5) is 5.82 Å². The van der Waals surface area contributed by atoms with Gasteiger partial charge in [0, 0.05) is 37.7 Å². The van der Waals surface area contributed by atoms with Crippen molar-refractivity contribution in [3.8, 4) is 17.0 Å². The number of carbonyl (C=O) groups is 2. The zero-order valence-electron chi connectivity index (χ0n) is 20.5. The molecule has 2 amide bonds. The van der Waals surface area contributed by atoms with Crippen molar-refractivity contribution < 1.29 is 18.7 Å². The quantitative estimate of drug-likeness (QED) is 0.480. The molecule has 0 radical (unpaired) electrons. The number of amides is 2.